The fourth-order valence-electron chi connectivity index (χ4n) is 1.52. The highest BCUT2D eigenvalue weighted by atomic mass is 32.1. The molecule has 0 N–H and O–H groups in total. The molecule has 72 valence electrons. The van der Waals surface area contributed by atoms with Crippen LogP contribution in [0.15, 0.2) is 35.2 Å². The van der Waals surface area contributed by atoms with Gasteiger partial charge in [-0.1, -0.05) is 0 Å². The van der Waals surface area contributed by atoms with Crippen molar-refractivity contribution in [3.63, 3.8) is 0 Å². The lowest BCUT2D eigenvalue weighted by molar-refractivity contribution is -0.678. The Morgan fingerprint density at radius 1 is 1.36 bits per heavy atom. The number of thiophene rings is 1. The zero-order valence-corrected chi connectivity index (χ0v) is 9.34. The molecule has 2 aromatic heterocycles. The Kier molecular flexibility index (Phi) is 2.64. The van der Waals surface area contributed by atoms with Gasteiger partial charge in [-0.3, -0.25) is 0 Å². The summed E-state index contributed by atoms with van der Waals surface area (Å²) in [6, 6.07) is 6.57. The van der Waals surface area contributed by atoms with Crippen LogP contribution < -0.4 is 4.57 Å². The van der Waals surface area contributed by atoms with Gasteiger partial charge in [0.15, 0.2) is 11.9 Å². The molecule has 0 aliphatic carbocycles. The SMILES string of the molecule is Cc1cc[n+](C)c(Cc2ccsc2)c1. The van der Waals surface area contributed by atoms with Gasteiger partial charge in [0.2, 0.25) is 0 Å². The van der Waals surface area contributed by atoms with Crippen LogP contribution in [-0.2, 0) is 13.5 Å². The molecule has 0 spiro atoms. The van der Waals surface area contributed by atoms with Crippen molar-refractivity contribution in [2.45, 2.75) is 13.3 Å². The zero-order chi connectivity index (χ0) is 9.97. The Morgan fingerprint density at radius 3 is 2.93 bits per heavy atom. The quantitative estimate of drug-likeness (QED) is 0.662. The normalized spacial score (nSPS) is 10.4. The van der Waals surface area contributed by atoms with Crippen LogP contribution in [0.1, 0.15) is 16.8 Å². The lowest BCUT2D eigenvalue weighted by Crippen LogP contribution is -2.33. The highest BCUT2D eigenvalue weighted by Gasteiger charge is 2.07. The second-order valence-electron chi connectivity index (χ2n) is 3.61. The first-order chi connectivity index (χ1) is 6.75. The molecular formula is C12H14NS+. The van der Waals surface area contributed by atoms with Gasteiger partial charge in [-0.15, -0.1) is 0 Å². The summed E-state index contributed by atoms with van der Waals surface area (Å²) in [5.41, 5.74) is 4.09. The molecule has 0 bridgehead atoms. The van der Waals surface area contributed by atoms with Gasteiger partial charge in [-0.05, 0) is 34.9 Å². The summed E-state index contributed by atoms with van der Waals surface area (Å²) in [6.07, 6.45) is 3.15. The van der Waals surface area contributed by atoms with E-state index in [-0.39, 0.29) is 0 Å². The fourth-order valence-corrected chi connectivity index (χ4v) is 2.18. The molecule has 0 unspecified atom stereocenters. The summed E-state index contributed by atoms with van der Waals surface area (Å²) in [5.74, 6) is 0. The molecule has 0 aliphatic rings. The zero-order valence-electron chi connectivity index (χ0n) is 8.53. The van der Waals surface area contributed by atoms with E-state index in [9.17, 15) is 0 Å². The van der Waals surface area contributed by atoms with E-state index in [1.165, 1.54) is 16.8 Å². The van der Waals surface area contributed by atoms with Crippen molar-refractivity contribution >= 4 is 11.3 Å². The van der Waals surface area contributed by atoms with Crippen LogP contribution in [0.4, 0.5) is 0 Å². The van der Waals surface area contributed by atoms with E-state index in [4.69, 9.17) is 0 Å². The predicted molar refractivity (Wildman–Crippen MR) is 59.5 cm³/mol. The van der Waals surface area contributed by atoms with E-state index in [1.54, 1.807) is 11.3 Å². The third-order valence-corrected chi connectivity index (χ3v) is 3.11. The molecule has 0 aliphatic heterocycles. The van der Waals surface area contributed by atoms with Crippen LogP contribution in [0.5, 0.6) is 0 Å². The van der Waals surface area contributed by atoms with Crippen LogP contribution in [0, 0.1) is 6.92 Å². The molecule has 14 heavy (non-hydrogen) atoms. The largest absolute Gasteiger partial charge is 0.205 e. The Hall–Kier alpha value is -1.15. The Balaban J connectivity index is 2.28. The second-order valence-corrected chi connectivity index (χ2v) is 4.39. The number of rotatable bonds is 2. The van der Waals surface area contributed by atoms with Gasteiger partial charge in [0, 0.05) is 12.1 Å². The van der Waals surface area contributed by atoms with Gasteiger partial charge < -0.3 is 0 Å². The van der Waals surface area contributed by atoms with Crippen molar-refractivity contribution in [3.8, 4) is 0 Å². The summed E-state index contributed by atoms with van der Waals surface area (Å²) in [5, 5.41) is 4.34. The lowest BCUT2D eigenvalue weighted by Gasteiger charge is -1.99. The smallest absolute Gasteiger partial charge is 0.185 e. The summed E-state index contributed by atoms with van der Waals surface area (Å²) < 4.78 is 2.19. The number of pyridine rings is 1. The minimum Gasteiger partial charge on any atom is -0.205 e. The molecule has 2 heterocycles. The molecule has 0 saturated carbocycles. The van der Waals surface area contributed by atoms with Gasteiger partial charge in [-0.2, -0.15) is 11.3 Å². The number of hydrogen-bond donors (Lipinski definition) is 0. The first kappa shape index (κ1) is 9.41. The first-order valence-electron chi connectivity index (χ1n) is 4.72. The van der Waals surface area contributed by atoms with Crippen LogP contribution in [-0.4, -0.2) is 0 Å². The minimum atomic E-state index is 1.03. The van der Waals surface area contributed by atoms with E-state index in [2.05, 4.69) is 53.7 Å². The van der Waals surface area contributed by atoms with Gasteiger partial charge in [0.1, 0.15) is 7.05 Å². The minimum absolute atomic E-state index is 1.03. The maximum Gasteiger partial charge on any atom is 0.185 e. The third kappa shape index (κ3) is 2.02. The van der Waals surface area contributed by atoms with Crippen molar-refractivity contribution in [1.29, 1.82) is 0 Å². The number of nitrogens with zero attached hydrogens (tertiary/aromatic N) is 1. The van der Waals surface area contributed by atoms with Crippen LogP contribution in [0.25, 0.3) is 0 Å². The van der Waals surface area contributed by atoms with Crippen molar-refractivity contribution in [3.05, 3.63) is 52.0 Å². The van der Waals surface area contributed by atoms with E-state index in [1.807, 2.05) is 0 Å². The van der Waals surface area contributed by atoms with Crippen LogP contribution >= 0.6 is 11.3 Å². The van der Waals surface area contributed by atoms with Gasteiger partial charge >= 0.3 is 0 Å². The van der Waals surface area contributed by atoms with Gasteiger partial charge in [-0.25, -0.2) is 4.57 Å². The molecule has 0 saturated heterocycles. The van der Waals surface area contributed by atoms with E-state index in [0.717, 1.165) is 6.42 Å². The Morgan fingerprint density at radius 2 is 2.21 bits per heavy atom. The van der Waals surface area contributed by atoms with Crippen molar-refractivity contribution in [2.24, 2.45) is 7.05 Å². The molecule has 0 atom stereocenters. The summed E-state index contributed by atoms with van der Waals surface area (Å²) in [6.45, 7) is 2.14. The monoisotopic (exact) mass is 204 g/mol. The third-order valence-electron chi connectivity index (χ3n) is 2.37. The van der Waals surface area contributed by atoms with Crippen molar-refractivity contribution in [2.75, 3.05) is 0 Å². The van der Waals surface area contributed by atoms with E-state index < -0.39 is 0 Å². The molecule has 2 aromatic rings. The molecule has 0 aromatic carbocycles. The maximum absolute atomic E-state index is 2.25. The van der Waals surface area contributed by atoms with Crippen LogP contribution in [0.2, 0.25) is 0 Å². The van der Waals surface area contributed by atoms with Crippen LogP contribution in [0.3, 0.4) is 0 Å². The van der Waals surface area contributed by atoms with Crippen molar-refractivity contribution < 1.29 is 4.57 Å². The van der Waals surface area contributed by atoms with Gasteiger partial charge in [0.05, 0.1) is 6.42 Å². The topological polar surface area (TPSA) is 3.88 Å². The predicted octanol–water partition coefficient (Wildman–Crippen LogP) is 2.47. The van der Waals surface area contributed by atoms with E-state index in [0.29, 0.717) is 0 Å². The number of aryl methyl sites for hydroxylation is 2. The molecule has 2 rings (SSSR count). The molecule has 0 amide bonds. The fraction of sp³-hybridized carbons (Fsp3) is 0.250. The van der Waals surface area contributed by atoms with Gasteiger partial charge in [0.25, 0.3) is 0 Å². The van der Waals surface area contributed by atoms with E-state index >= 15 is 0 Å². The molecular weight excluding hydrogens is 190 g/mol. The summed E-state index contributed by atoms with van der Waals surface area (Å²) in [7, 11) is 2.10. The second kappa shape index (κ2) is 3.93. The lowest BCUT2D eigenvalue weighted by atomic mass is 10.1. The number of aromatic nitrogens is 1. The molecule has 2 heteroatoms. The standard InChI is InChI=1S/C12H14NS/c1-10-3-5-13(2)12(7-10)8-11-4-6-14-9-11/h3-7,9H,8H2,1-2H3/q+1. The first-order valence-corrected chi connectivity index (χ1v) is 5.66. The highest BCUT2D eigenvalue weighted by molar-refractivity contribution is 7.07. The Bertz CT molecular complexity index is 418. The molecule has 1 nitrogen and oxygen atoms in total. The molecule has 0 radical (unpaired) electrons. The van der Waals surface area contributed by atoms with Crippen molar-refractivity contribution in [1.82, 2.24) is 0 Å². The highest BCUT2D eigenvalue weighted by Crippen LogP contribution is 2.10. The summed E-state index contributed by atoms with van der Waals surface area (Å²) in [4.78, 5) is 0. The summed E-state index contributed by atoms with van der Waals surface area (Å²) >= 11 is 1.76. The maximum atomic E-state index is 2.25. The molecule has 0 fully saturated rings. The average molecular weight is 204 g/mol. The number of hydrogen-bond acceptors (Lipinski definition) is 1. The Labute approximate surface area is 88.7 Å². The average Bonchev–Trinajstić information content (AvgIpc) is 2.64.